The van der Waals surface area contributed by atoms with Gasteiger partial charge in [0.05, 0.1) is 5.75 Å². The highest BCUT2D eigenvalue weighted by molar-refractivity contribution is 7.99. The summed E-state index contributed by atoms with van der Waals surface area (Å²) in [6.45, 7) is 4.46. The second kappa shape index (κ2) is 11.3. The fourth-order valence-corrected chi connectivity index (χ4v) is 3.87. The number of carbonyl (C=O) groups excluding carboxylic acids is 2. The zero-order valence-electron chi connectivity index (χ0n) is 16.0. The minimum Gasteiger partial charge on any atom is -0.355 e. The number of amides is 2. The Hall–Kier alpha value is -1.69. The summed E-state index contributed by atoms with van der Waals surface area (Å²) < 4.78 is 0. The van der Waals surface area contributed by atoms with E-state index >= 15 is 0 Å². The maximum atomic E-state index is 12.9. The number of halogens is 2. The quantitative estimate of drug-likeness (QED) is 0.612. The van der Waals surface area contributed by atoms with Crippen molar-refractivity contribution in [3.05, 3.63) is 69.7 Å². The number of nitrogens with zero attached hydrogens (tertiary/aromatic N) is 1. The van der Waals surface area contributed by atoms with Gasteiger partial charge in [0.1, 0.15) is 6.04 Å². The van der Waals surface area contributed by atoms with Crippen LogP contribution in [0.25, 0.3) is 0 Å². The molecule has 0 spiro atoms. The first-order chi connectivity index (χ1) is 13.4. The minimum absolute atomic E-state index is 0.0855. The molecule has 2 amide bonds. The standard InChI is InChI=1S/C21H24Cl2N2O2S/c1-3-24-21(27)15(2)25(12-17-5-4-6-19(23)11-17)20(26)14-28-13-16-7-9-18(22)10-8-16/h4-11,15H,3,12-14H2,1-2H3,(H,24,27). The second-order valence-electron chi connectivity index (χ2n) is 6.34. The topological polar surface area (TPSA) is 49.4 Å². The summed E-state index contributed by atoms with van der Waals surface area (Å²) in [5.41, 5.74) is 1.99. The van der Waals surface area contributed by atoms with Crippen molar-refractivity contribution >= 4 is 46.8 Å². The van der Waals surface area contributed by atoms with E-state index in [-0.39, 0.29) is 17.6 Å². The number of hydrogen-bond acceptors (Lipinski definition) is 3. The lowest BCUT2D eigenvalue weighted by molar-refractivity contribution is -0.138. The first-order valence-corrected chi connectivity index (χ1v) is 11.0. The highest BCUT2D eigenvalue weighted by Gasteiger charge is 2.25. The van der Waals surface area contributed by atoms with Gasteiger partial charge in [-0.25, -0.2) is 0 Å². The highest BCUT2D eigenvalue weighted by Crippen LogP contribution is 2.19. The van der Waals surface area contributed by atoms with E-state index in [1.165, 1.54) is 11.8 Å². The molecular weight excluding hydrogens is 415 g/mol. The molecule has 2 aromatic carbocycles. The Morgan fingerprint density at radius 3 is 2.43 bits per heavy atom. The SMILES string of the molecule is CCNC(=O)C(C)N(Cc1cccc(Cl)c1)C(=O)CSCc1ccc(Cl)cc1. The number of nitrogens with one attached hydrogen (secondary N) is 1. The Balaban J connectivity index is 2.04. The van der Waals surface area contributed by atoms with E-state index in [1.807, 2.05) is 49.4 Å². The summed E-state index contributed by atoms with van der Waals surface area (Å²) in [6.07, 6.45) is 0. The van der Waals surface area contributed by atoms with Crippen LogP contribution in [-0.2, 0) is 21.9 Å². The Bertz CT molecular complexity index is 799. The van der Waals surface area contributed by atoms with Gasteiger partial charge in [-0.3, -0.25) is 9.59 Å². The summed E-state index contributed by atoms with van der Waals surface area (Å²) in [4.78, 5) is 26.8. The number of benzene rings is 2. The van der Waals surface area contributed by atoms with Gasteiger partial charge < -0.3 is 10.2 Å². The van der Waals surface area contributed by atoms with Gasteiger partial charge in [-0.1, -0.05) is 47.5 Å². The maximum Gasteiger partial charge on any atom is 0.242 e. The first-order valence-electron chi connectivity index (χ1n) is 9.04. The summed E-state index contributed by atoms with van der Waals surface area (Å²) in [5, 5.41) is 4.08. The third kappa shape index (κ3) is 7.04. The Morgan fingerprint density at radius 2 is 1.79 bits per heavy atom. The number of carbonyl (C=O) groups is 2. The Kier molecular flexibility index (Phi) is 9.16. The summed E-state index contributed by atoms with van der Waals surface area (Å²) in [5.74, 6) is 0.731. The molecule has 7 heteroatoms. The van der Waals surface area contributed by atoms with Crippen LogP contribution in [0.5, 0.6) is 0 Å². The lowest BCUT2D eigenvalue weighted by Crippen LogP contribution is -2.48. The molecule has 0 radical (unpaired) electrons. The zero-order valence-corrected chi connectivity index (χ0v) is 18.3. The van der Waals surface area contributed by atoms with Crippen molar-refractivity contribution in [2.75, 3.05) is 12.3 Å². The van der Waals surface area contributed by atoms with Gasteiger partial charge in [0.2, 0.25) is 11.8 Å². The molecule has 0 aromatic heterocycles. The number of likely N-dealkylation sites (N-methyl/N-ethyl adjacent to an activating group) is 1. The van der Waals surface area contributed by atoms with Crippen LogP contribution in [0.1, 0.15) is 25.0 Å². The second-order valence-corrected chi connectivity index (χ2v) is 8.20. The van der Waals surface area contributed by atoms with E-state index in [1.54, 1.807) is 17.9 Å². The molecule has 1 atom stereocenters. The normalized spacial score (nSPS) is 11.7. The van der Waals surface area contributed by atoms with Crippen molar-refractivity contribution in [1.82, 2.24) is 10.2 Å². The van der Waals surface area contributed by atoms with Crippen molar-refractivity contribution in [1.29, 1.82) is 0 Å². The predicted octanol–water partition coefficient (Wildman–Crippen LogP) is 4.78. The van der Waals surface area contributed by atoms with Crippen molar-refractivity contribution in [2.24, 2.45) is 0 Å². The van der Waals surface area contributed by atoms with E-state index in [4.69, 9.17) is 23.2 Å². The van der Waals surface area contributed by atoms with Crippen molar-refractivity contribution in [3.8, 4) is 0 Å². The third-order valence-corrected chi connectivity index (χ3v) is 5.64. The molecule has 0 aliphatic heterocycles. The van der Waals surface area contributed by atoms with Gasteiger partial charge in [-0.2, -0.15) is 0 Å². The van der Waals surface area contributed by atoms with Gasteiger partial charge in [0.25, 0.3) is 0 Å². The maximum absolute atomic E-state index is 12.9. The monoisotopic (exact) mass is 438 g/mol. The molecule has 0 bridgehead atoms. The molecule has 0 aliphatic carbocycles. The van der Waals surface area contributed by atoms with Crippen LogP contribution < -0.4 is 5.32 Å². The molecule has 2 rings (SSSR count). The molecule has 0 saturated heterocycles. The van der Waals surface area contributed by atoms with Gasteiger partial charge in [-0.05, 0) is 49.2 Å². The smallest absolute Gasteiger partial charge is 0.242 e. The number of hydrogen-bond donors (Lipinski definition) is 1. The van der Waals surface area contributed by atoms with Gasteiger partial charge in [0, 0.05) is 28.9 Å². The Labute approximate surface area is 180 Å². The van der Waals surface area contributed by atoms with Gasteiger partial charge in [0.15, 0.2) is 0 Å². The van der Waals surface area contributed by atoms with Crippen LogP contribution in [-0.4, -0.2) is 35.1 Å². The van der Waals surface area contributed by atoms with Crippen LogP contribution in [0.3, 0.4) is 0 Å². The average molecular weight is 439 g/mol. The van der Waals surface area contributed by atoms with E-state index in [9.17, 15) is 9.59 Å². The molecule has 1 unspecified atom stereocenters. The molecule has 4 nitrogen and oxygen atoms in total. The fourth-order valence-electron chi connectivity index (χ4n) is 2.66. The van der Waals surface area contributed by atoms with Crippen LogP contribution in [0.15, 0.2) is 48.5 Å². The summed E-state index contributed by atoms with van der Waals surface area (Å²) in [7, 11) is 0. The van der Waals surface area contributed by atoms with Crippen molar-refractivity contribution in [2.45, 2.75) is 32.2 Å². The zero-order chi connectivity index (χ0) is 20.5. The highest BCUT2D eigenvalue weighted by atomic mass is 35.5. The number of rotatable bonds is 9. The van der Waals surface area contributed by atoms with Gasteiger partial charge in [-0.15, -0.1) is 11.8 Å². The molecule has 0 fully saturated rings. The average Bonchev–Trinajstić information content (AvgIpc) is 2.67. The number of thioether (sulfide) groups is 1. The molecule has 0 aliphatic rings. The lowest BCUT2D eigenvalue weighted by atomic mass is 10.1. The van der Waals surface area contributed by atoms with Crippen LogP contribution in [0.4, 0.5) is 0 Å². The van der Waals surface area contributed by atoms with Gasteiger partial charge >= 0.3 is 0 Å². The molecule has 2 aromatic rings. The first kappa shape index (κ1) is 22.6. The van der Waals surface area contributed by atoms with Crippen LogP contribution >= 0.6 is 35.0 Å². The van der Waals surface area contributed by atoms with Crippen molar-refractivity contribution in [3.63, 3.8) is 0 Å². The molecule has 150 valence electrons. The van der Waals surface area contributed by atoms with Crippen molar-refractivity contribution < 1.29 is 9.59 Å². The van der Waals surface area contributed by atoms with E-state index in [0.717, 1.165) is 11.1 Å². The largest absolute Gasteiger partial charge is 0.355 e. The molecule has 0 heterocycles. The Morgan fingerprint density at radius 1 is 1.07 bits per heavy atom. The lowest BCUT2D eigenvalue weighted by Gasteiger charge is -2.28. The van der Waals surface area contributed by atoms with E-state index in [0.29, 0.717) is 28.9 Å². The summed E-state index contributed by atoms with van der Waals surface area (Å²) >= 11 is 13.5. The summed E-state index contributed by atoms with van der Waals surface area (Å²) in [6, 6.07) is 14.3. The molecule has 28 heavy (non-hydrogen) atoms. The predicted molar refractivity (Wildman–Crippen MR) is 118 cm³/mol. The van der Waals surface area contributed by atoms with E-state index in [2.05, 4.69) is 5.32 Å². The minimum atomic E-state index is -0.567. The molecular formula is C21H24Cl2N2O2S. The molecule has 0 saturated carbocycles. The molecule has 1 N–H and O–H groups in total. The van der Waals surface area contributed by atoms with Crippen LogP contribution in [0.2, 0.25) is 10.0 Å². The van der Waals surface area contributed by atoms with E-state index < -0.39 is 6.04 Å². The third-order valence-electron chi connectivity index (χ3n) is 4.17. The fraction of sp³-hybridized carbons (Fsp3) is 0.333. The van der Waals surface area contributed by atoms with Crippen LogP contribution in [0, 0.1) is 0 Å².